The Kier molecular flexibility index (Phi) is 5.94. The number of H-pyrrole nitrogens is 1. The van der Waals surface area contributed by atoms with Crippen LogP contribution in [0, 0.1) is 0 Å². The van der Waals surface area contributed by atoms with E-state index in [4.69, 9.17) is 0 Å². The molecule has 2 nitrogen and oxygen atoms in total. The number of hydrogen-bond donors (Lipinski definition) is 1. The van der Waals surface area contributed by atoms with E-state index >= 15 is 0 Å². The average molecular weight is 556 g/mol. The van der Waals surface area contributed by atoms with Crippen LogP contribution < -0.4 is 0 Å². The summed E-state index contributed by atoms with van der Waals surface area (Å²) < 4.78 is 1.15. The van der Waals surface area contributed by atoms with Gasteiger partial charge in [0.15, 0.2) is 0 Å². The maximum absolute atomic E-state index is 4.08. The monoisotopic (exact) mass is 554 g/mol. The van der Waals surface area contributed by atoms with E-state index in [0.29, 0.717) is 5.92 Å². The zero-order valence-corrected chi connectivity index (χ0v) is 22.6. The first-order valence-electron chi connectivity index (χ1n) is 13.3. The van der Waals surface area contributed by atoms with Crippen LogP contribution in [-0.4, -0.2) is 9.97 Å². The van der Waals surface area contributed by atoms with E-state index in [9.17, 15) is 0 Å². The third kappa shape index (κ3) is 4.08. The second-order valence-corrected chi connectivity index (χ2v) is 11.0. The number of nitrogens with zero attached hydrogens (tertiary/aromatic N) is 1. The normalized spacial score (nSPS) is 14.9. The highest BCUT2D eigenvalue weighted by Gasteiger charge is 2.23. The van der Waals surface area contributed by atoms with Crippen molar-refractivity contribution in [2.24, 2.45) is 0 Å². The fourth-order valence-electron chi connectivity index (χ4n) is 6.15. The van der Waals surface area contributed by atoms with Crippen LogP contribution in [0.25, 0.3) is 43.4 Å². The molecule has 38 heavy (non-hydrogen) atoms. The van der Waals surface area contributed by atoms with Crippen LogP contribution in [0.3, 0.4) is 0 Å². The number of halogens is 1. The van der Waals surface area contributed by atoms with Gasteiger partial charge in [0.25, 0.3) is 0 Å². The van der Waals surface area contributed by atoms with E-state index < -0.39 is 0 Å². The van der Waals surface area contributed by atoms with Crippen molar-refractivity contribution in [3.63, 3.8) is 0 Å². The molecule has 0 saturated heterocycles. The first-order valence-corrected chi connectivity index (χ1v) is 14.0. The average Bonchev–Trinajstić information content (AvgIpc) is 3.36. The number of pyridine rings is 1. The summed E-state index contributed by atoms with van der Waals surface area (Å²) in [5.74, 6) is 0.521. The number of benzene rings is 5. The van der Waals surface area contributed by atoms with Gasteiger partial charge in [-0.2, -0.15) is 0 Å². The van der Waals surface area contributed by atoms with Crippen molar-refractivity contribution >= 4 is 59.3 Å². The van der Waals surface area contributed by atoms with Gasteiger partial charge >= 0.3 is 0 Å². The molecule has 0 bridgehead atoms. The van der Waals surface area contributed by atoms with E-state index in [1.165, 1.54) is 68.2 Å². The molecule has 7 aromatic rings. The number of hydrogen-bond acceptors (Lipinski definition) is 1. The van der Waals surface area contributed by atoms with Gasteiger partial charge in [-0.1, -0.05) is 94.8 Å². The molecule has 0 radical (unpaired) electrons. The summed E-state index contributed by atoms with van der Waals surface area (Å²) in [6, 6.07) is 37.3. The number of aromatic amines is 1. The number of aromatic nitrogens is 2. The molecule has 5 aromatic carbocycles. The van der Waals surface area contributed by atoms with Gasteiger partial charge in [0.2, 0.25) is 0 Å². The van der Waals surface area contributed by atoms with Crippen molar-refractivity contribution < 1.29 is 0 Å². The fraction of sp³-hybridized carbons (Fsp3) is 0.114. The van der Waals surface area contributed by atoms with Crippen LogP contribution in [0.1, 0.15) is 35.4 Å². The van der Waals surface area contributed by atoms with Crippen LogP contribution >= 0.6 is 15.9 Å². The molecule has 0 amide bonds. The summed E-state index contributed by atoms with van der Waals surface area (Å²) in [6.45, 7) is 0. The molecule has 0 saturated carbocycles. The summed E-state index contributed by atoms with van der Waals surface area (Å²) in [5, 5.41) is 8.04. The number of rotatable bonds is 1. The number of para-hydroxylation sites is 1. The lowest BCUT2D eigenvalue weighted by Crippen LogP contribution is -2.11. The summed E-state index contributed by atoms with van der Waals surface area (Å²) in [5.41, 5.74) is 6.79. The zero-order valence-electron chi connectivity index (χ0n) is 21.0. The Morgan fingerprint density at radius 3 is 2.32 bits per heavy atom. The zero-order chi connectivity index (χ0) is 25.5. The van der Waals surface area contributed by atoms with Crippen molar-refractivity contribution in [1.82, 2.24) is 9.97 Å². The Bertz CT molecular complexity index is 1870. The van der Waals surface area contributed by atoms with Gasteiger partial charge in [-0.05, 0) is 81.8 Å². The lowest BCUT2D eigenvalue weighted by molar-refractivity contribution is 0.619. The fourth-order valence-corrected chi connectivity index (χ4v) is 6.42. The van der Waals surface area contributed by atoms with Crippen LogP contribution in [-0.2, 0) is 6.42 Å². The van der Waals surface area contributed by atoms with Crippen molar-refractivity contribution in [2.45, 2.75) is 25.2 Å². The first-order chi connectivity index (χ1) is 18.8. The van der Waals surface area contributed by atoms with Crippen molar-refractivity contribution in [2.75, 3.05) is 0 Å². The Hall–Kier alpha value is -3.95. The SMILES string of the molecule is Brc1ccc(C2CCCc3c2ccc2c3ccc3ccccc32)cc1.c1ccc2c(c1)[nH]c1cnccc12. The van der Waals surface area contributed by atoms with Gasteiger partial charge in [0.05, 0.1) is 11.7 Å². The Balaban J connectivity index is 0.000000156. The van der Waals surface area contributed by atoms with Crippen molar-refractivity contribution in [3.05, 3.63) is 137 Å². The third-order valence-electron chi connectivity index (χ3n) is 7.95. The number of nitrogens with one attached hydrogen (secondary N) is 1. The molecule has 2 heterocycles. The smallest absolute Gasteiger partial charge is 0.0651 e. The highest BCUT2D eigenvalue weighted by Crippen LogP contribution is 2.41. The molecule has 0 aliphatic heterocycles. The van der Waals surface area contributed by atoms with E-state index in [1.807, 2.05) is 24.5 Å². The third-order valence-corrected chi connectivity index (χ3v) is 8.48. The number of fused-ring (bicyclic) bond motifs is 8. The van der Waals surface area contributed by atoms with Gasteiger partial charge in [0, 0.05) is 32.9 Å². The Morgan fingerprint density at radius 2 is 1.42 bits per heavy atom. The topological polar surface area (TPSA) is 28.7 Å². The highest BCUT2D eigenvalue weighted by atomic mass is 79.9. The lowest BCUT2D eigenvalue weighted by atomic mass is 9.77. The largest absolute Gasteiger partial charge is 0.353 e. The minimum Gasteiger partial charge on any atom is -0.353 e. The summed E-state index contributed by atoms with van der Waals surface area (Å²) >= 11 is 3.56. The first kappa shape index (κ1) is 23.2. The summed E-state index contributed by atoms with van der Waals surface area (Å²) in [6.07, 6.45) is 7.38. The molecule has 8 rings (SSSR count). The molecule has 184 valence electrons. The van der Waals surface area contributed by atoms with E-state index in [2.05, 4.69) is 117 Å². The molecular weight excluding hydrogens is 528 g/mol. The Morgan fingerprint density at radius 1 is 0.658 bits per heavy atom. The van der Waals surface area contributed by atoms with Gasteiger partial charge in [-0.3, -0.25) is 4.98 Å². The molecule has 1 unspecified atom stereocenters. The predicted octanol–water partition coefficient (Wildman–Crippen LogP) is 9.94. The van der Waals surface area contributed by atoms with E-state index in [1.54, 1.807) is 5.56 Å². The molecule has 3 heteroatoms. The summed E-state index contributed by atoms with van der Waals surface area (Å²) in [4.78, 5) is 7.39. The van der Waals surface area contributed by atoms with Crippen LogP contribution in [0.15, 0.2) is 120 Å². The molecule has 0 fully saturated rings. The minimum atomic E-state index is 0.521. The second-order valence-electron chi connectivity index (χ2n) is 10.1. The van der Waals surface area contributed by atoms with E-state index in [-0.39, 0.29) is 0 Å². The minimum absolute atomic E-state index is 0.521. The quantitative estimate of drug-likeness (QED) is 0.201. The van der Waals surface area contributed by atoms with Crippen LogP contribution in [0.2, 0.25) is 0 Å². The van der Waals surface area contributed by atoms with Crippen molar-refractivity contribution in [3.8, 4) is 0 Å². The molecule has 1 atom stereocenters. The van der Waals surface area contributed by atoms with Gasteiger partial charge in [-0.25, -0.2) is 0 Å². The van der Waals surface area contributed by atoms with E-state index in [0.717, 1.165) is 9.99 Å². The lowest BCUT2D eigenvalue weighted by Gasteiger charge is -2.27. The maximum atomic E-state index is 4.08. The van der Waals surface area contributed by atoms with Gasteiger partial charge < -0.3 is 4.98 Å². The molecule has 0 spiro atoms. The van der Waals surface area contributed by atoms with Crippen LogP contribution in [0.4, 0.5) is 0 Å². The van der Waals surface area contributed by atoms with Gasteiger partial charge in [0.1, 0.15) is 0 Å². The maximum Gasteiger partial charge on any atom is 0.0651 e. The number of aryl methyl sites for hydroxylation is 1. The predicted molar refractivity (Wildman–Crippen MR) is 164 cm³/mol. The van der Waals surface area contributed by atoms with Crippen molar-refractivity contribution in [1.29, 1.82) is 0 Å². The highest BCUT2D eigenvalue weighted by molar-refractivity contribution is 9.10. The van der Waals surface area contributed by atoms with Crippen LogP contribution in [0.5, 0.6) is 0 Å². The standard InChI is InChI=1S/C24H19Br.C11H8N2/c25-18-11-8-17(9-12-18)20-6-3-7-21-22(20)14-15-23-19-5-2-1-4-16(19)10-13-24(21)23;1-2-4-10-8(3-1)9-5-6-12-7-11(9)13-10/h1-2,4-5,8-15,20H,3,6-7H2;1-7,13H. The molecule has 1 N–H and O–H groups in total. The Labute approximate surface area is 230 Å². The molecule has 2 aromatic heterocycles. The van der Waals surface area contributed by atoms with Gasteiger partial charge in [-0.15, -0.1) is 0 Å². The summed E-state index contributed by atoms with van der Waals surface area (Å²) in [7, 11) is 0. The second kappa shape index (κ2) is 9.74. The molecular formula is C35H27BrN2. The molecule has 1 aliphatic rings. The molecule has 1 aliphatic carbocycles.